The quantitative estimate of drug-likeness (QED) is 0.101. The summed E-state index contributed by atoms with van der Waals surface area (Å²) in [5, 5.41) is 17.6. The molecule has 0 heterocycles. The summed E-state index contributed by atoms with van der Waals surface area (Å²) in [5.41, 5.74) is 12.3. The number of rotatable bonds is 11. The van der Waals surface area contributed by atoms with E-state index in [1.807, 2.05) is 0 Å². The van der Waals surface area contributed by atoms with Gasteiger partial charge in [0.05, 0.1) is 32.3 Å². The number of fused-ring (bicyclic) bond motifs is 2. The van der Waals surface area contributed by atoms with Crippen LogP contribution < -0.4 is 41.8 Å². The summed E-state index contributed by atoms with van der Waals surface area (Å²) in [5.74, 6) is 0. The van der Waals surface area contributed by atoms with E-state index >= 15 is 0 Å². The molecule has 0 amide bonds. The number of hydrogen-bond acceptors (Lipinski definition) is 2. The average molecular weight is 805 g/mol. The van der Waals surface area contributed by atoms with Crippen LogP contribution in [0.3, 0.4) is 0 Å². The van der Waals surface area contributed by atoms with Crippen LogP contribution in [0.25, 0.3) is 11.1 Å². The van der Waals surface area contributed by atoms with Crippen molar-refractivity contribution in [2.45, 2.75) is 90.6 Å². The number of benzene rings is 6. The lowest BCUT2D eigenvalue weighted by Crippen LogP contribution is -2.42. The number of aryl methyl sites for hydroxylation is 2. The molecule has 6 aromatic carbocycles. The Bertz CT molecular complexity index is 2040. The zero-order valence-corrected chi connectivity index (χ0v) is 38.0. The summed E-state index contributed by atoms with van der Waals surface area (Å²) >= 11 is 0. The Morgan fingerprint density at radius 1 is 0.393 bits per heavy atom. The van der Waals surface area contributed by atoms with Crippen molar-refractivity contribution >= 4 is 75.3 Å². The van der Waals surface area contributed by atoms with Gasteiger partial charge in [-0.3, -0.25) is 0 Å². The highest BCUT2D eigenvalue weighted by Crippen LogP contribution is 2.50. The van der Waals surface area contributed by atoms with Crippen LogP contribution in [-0.2, 0) is 25.7 Å². The Hall–Kier alpha value is -3.79. The molecule has 2 N–H and O–H groups in total. The van der Waals surface area contributed by atoms with Crippen LogP contribution in [0.5, 0.6) is 0 Å². The lowest BCUT2D eigenvalue weighted by Gasteiger charge is -2.37. The Balaban J connectivity index is 1.48. The number of nitrogens with one attached hydrogen (secondary N) is 2. The zero-order valence-electron chi connectivity index (χ0n) is 34.3. The molecular formula is C50H58N2P2Si2. The molecule has 0 saturated heterocycles. The van der Waals surface area contributed by atoms with Gasteiger partial charge in [0.15, 0.2) is 0 Å². The molecule has 286 valence electrons. The molecule has 8 rings (SSSR count). The number of anilines is 2. The van der Waals surface area contributed by atoms with Crippen molar-refractivity contribution in [1.29, 1.82) is 0 Å². The maximum Gasteiger partial charge on any atom is 0.0803 e. The Labute approximate surface area is 341 Å². The lowest BCUT2D eigenvalue weighted by molar-refractivity contribution is 0.682. The minimum Gasteiger partial charge on any atom is -0.357 e. The van der Waals surface area contributed by atoms with E-state index < -0.39 is 32.3 Å². The van der Waals surface area contributed by atoms with Crippen LogP contribution in [-0.4, -0.2) is 16.1 Å². The van der Waals surface area contributed by atoms with E-state index in [0.717, 1.165) is 12.8 Å². The predicted molar refractivity (Wildman–Crippen MR) is 257 cm³/mol. The first-order chi connectivity index (χ1) is 27.1. The van der Waals surface area contributed by atoms with Crippen LogP contribution in [0.2, 0.25) is 39.3 Å². The van der Waals surface area contributed by atoms with E-state index in [1.54, 1.807) is 32.6 Å². The van der Waals surface area contributed by atoms with E-state index in [-0.39, 0.29) is 0 Å². The first kappa shape index (κ1) is 39.1. The fourth-order valence-corrected chi connectivity index (χ4v) is 16.1. The van der Waals surface area contributed by atoms with Gasteiger partial charge in [0.1, 0.15) is 0 Å². The molecule has 0 unspecified atom stereocenters. The minimum atomic E-state index is -1.87. The van der Waals surface area contributed by atoms with Gasteiger partial charge in [0.2, 0.25) is 0 Å². The van der Waals surface area contributed by atoms with Crippen LogP contribution in [0.4, 0.5) is 11.4 Å². The molecule has 0 radical (unpaired) electrons. The molecule has 0 saturated carbocycles. The third-order valence-corrected chi connectivity index (χ3v) is 19.8. The van der Waals surface area contributed by atoms with Crippen molar-refractivity contribution in [3.63, 3.8) is 0 Å². The van der Waals surface area contributed by atoms with E-state index in [4.69, 9.17) is 0 Å². The standard InChI is InChI=1S/C50H58N2P2Si2/c1-55(2,3)45-35-37-23-19-21-33-43(37)47(49(45)51-53(39-25-11-7-12-26-39)40-27-13-8-14-28-40)48-44-34-22-20-24-38(44)36-46(56(4,5)6)50(48)52-54(41-29-15-9-16-30-41)42-31-17-10-18-32-42/h7-18,25-32,35-36,51-52H,19-24,33-34H2,1-6H3. The van der Waals surface area contributed by atoms with Crippen molar-refractivity contribution in [3.05, 3.63) is 156 Å². The SMILES string of the molecule is C[Si](C)(C)c1cc2c(c(-c3c4c(cc([Si](C)(C)C)c3NP(c3ccccc3)c3ccccc3)CCCC4)c1NP(c1ccccc1)c1ccccc1)CCCC2. The molecule has 6 aromatic rings. The van der Waals surface area contributed by atoms with Crippen LogP contribution in [0, 0.1) is 0 Å². The van der Waals surface area contributed by atoms with Gasteiger partial charge in [-0.1, -0.05) is 173 Å². The molecule has 0 atom stereocenters. The molecule has 0 aliphatic heterocycles. The highest BCUT2D eigenvalue weighted by molar-refractivity contribution is 7.74. The van der Waals surface area contributed by atoms with Crippen LogP contribution in [0.15, 0.2) is 133 Å². The van der Waals surface area contributed by atoms with Gasteiger partial charge in [-0.25, -0.2) is 0 Å². The first-order valence-electron chi connectivity index (χ1n) is 20.8. The molecule has 2 nitrogen and oxygen atoms in total. The second kappa shape index (κ2) is 16.6. The van der Waals surface area contributed by atoms with Crippen LogP contribution in [0.1, 0.15) is 47.9 Å². The van der Waals surface area contributed by atoms with Gasteiger partial charge in [-0.05, 0) is 84.0 Å². The van der Waals surface area contributed by atoms with Crippen molar-refractivity contribution < 1.29 is 0 Å². The van der Waals surface area contributed by atoms with E-state index in [0.29, 0.717) is 0 Å². The monoisotopic (exact) mass is 804 g/mol. The topological polar surface area (TPSA) is 24.1 Å². The Morgan fingerprint density at radius 3 is 0.964 bits per heavy atom. The summed E-state index contributed by atoms with van der Waals surface area (Å²) in [4.78, 5) is 0. The Kier molecular flexibility index (Phi) is 11.6. The highest BCUT2D eigenvalue weighted by atomic mass is 31.1. The molecule has 0 spiro atoms. The van der Waals surface area contributed by atoms with Crippen molar-refractivity contribution in [1.82, 2.24) is 0 Å². The third-order valence-electron chi connectivity index (χ3n) is 11.7. The largest absolute Gasteiger partial charge is 0.357 e. The van der Waals surface area contributed by atoms with Gasteiger partial charge in [-0.15, -0.1) is 0 Å². The number of hydrogen-bond donors (Lipinski definition) is 2. The molecular weight excluding hydrogens is 747 g/mol. The van der Waals surface area contributed by atoms with E-state index in [9.17, 15) is 0 Å². The van der Waals surface area contributed by atoms with Gasteiger partial charge in [0, 0.05) is 43.7 Å². The van der Waals surface area contributed by atoms with Crippen molar-refractivity contribution in [3.8, 4) is 11.1 Å². The van der Waals surface area contributed by atoms with Gasteiger partial charge < -0.3 is 10.2 Å². The summed E-state index contributed by atoms with van der Waals surface area (Å²) in [7, 11) is -5.51. The van der Waals surface area contributed by atoms with Crippen molar-refractivity contribution in [2.24, 2.45) is 0 Å². The summed E-state index contributed by atoms with van der Waals surface area (Å²) in [6.45, 7) is 15.4. The molecule has 2 aliphatic carbocycles. The third kappa shape index (κ3) is 8.14. The van der Waals surface area contributed by atoms with Gasteiger partial charge in [0.25, 0.3) is 0 Å². The van der Waals surface area contributed by atoms with Crippen LogP contribution >= 0.6 is 16.1 Å². The summed E-state index contributed by atoms with van der Waals surface area (Å²) in [6, 6.07) is 50.4. The van der Waals surface area contributed by atoms with Crippen molar-refractivity contribution in [2.75, 3.05) is 10.2 Å². The highest BCUT2D eigenvalue weighted by Gasteiger charge is 2.35. The molecule has 0 fully saturated rings. The second-order valence-corrected chi connectivity index (χ2v) is 31.7. The molecule has 6 heteroatoms. The maximum absolute atomic E-state index is 4.50. The summed E-state index contributed by atoms with van der Waals surface area (Å²) < 4.78 is 0. The van der Waals surface area contributed by atoms with E-state index in [2.05, 4.69) is 183 Å². The lowest BCUT2D eigenvalue weighted by atomic mass is 9.79. The molecule has 0 bridgehead atoms. The maximum atomic E-state index is 4.50. The molecule has 2 aliphatic rings. The Morgan fingerprint density at radius 2 is 0.679 bits per heavy atom. The normalized spacial score (nSPS) is 14.4. The van der Waals surface area contributed by atoms with E-state index in [1.165, 1.54) is 82.2 Å². The van der Waals surface area contributed by atoms with Gasteiger partial charge >= 0.3 is 0 Å². The van der Waals surface area contributed by atoms with Gasteiger partial charge in [-0.2, -0.15) is 0 Å². The first-order valence-corrected chi connectivity index (χ1v) is 30.5. The smallest absolute Gasteiger partial charge is 0.0803 e. The predicted octanol–water partition coefficient (Wildman–Crippen LogP) is 11.1. The minimum absolute atomic E-state index is 0.886. The molecule has 0 aromatic heterocycles. The fourth-order valence-electron chi connectivity index (χ4n) is 8.87. The second-order valence-electron chi connectivity index (χ2n) is 17.8. The average Bonchev–Trinajstić information content (AvgIpc) is 3.22. The summed E-state index contributed by atoms with van der Waals surface area (Å²) in [6.07, 6.45) is 9.66. The molecule has 56 heavy (non-hydrogen) atoms. The zero-order chi connectivity index (χ0) is 38.9. The fraction of sp³-hybridized carbons (Fsp3) is 0.280.